The topological polar surface area (TPSA) is 82.1 Å². The van der Waals surface area contributed by atoms with Gasteiger partial charge in [0.25, 0.3) is 0 Å². The molecule has 0 N–H and O–H groups in total. The number of rotatable bonds is 6. The lowest BCUT2D eigenvalue weighted by atomic mass is 10.00. The molecule has 9 heteroatoms. The van der Waals surface area contributed by atoms with Crippen molar-refractivity contribution in [3.8, 4) is 0 Å². The molecule has 26 heavy (non-hydrogen) atoms. The summed E-state index contributed by atoms with van der Waals surface area (Å²) in [4.78, 5) is 6.64. The van der Waals surface area contributed by atoms with Gasteiger partial charge in [0.2, 0.25) is 11.8 Å². The third kappa shape index (κ3) is 4.03. The van der Waals surface area contributed by atoms with Gasteiger partial charge in [-0.2, -0.15) is 4.98 Å². The summed E-state index contributed by atoms with van der Waals surface area (Å²) in [7, 11) is 0. The van der Waals surface area contributed by atoms with E-state index in [0.29, 0.717) is 17.5 Å². The molecule has 0 radical (unpaired) electrons. The van der Waals surface area contributed by atoms with E-state index in [1.807, 2.05) is 6.92 Å². The fraction of sp³-hybridized carbons (Fsp3) is 0.765. The fourth-order valence-corrected chi connectivity index (χ4v) is 4.29. The highest BCUT2D eigenvalue weighted by Gasteiger charge is 2.26. The van der Waals surface area contributed by atoms with E-state index in [4.69, 9.17) is 9.26 Å². The second kappa shape index (κ2) is 7.96. The normalized spacial score (nSPS) is 21.6. The van der Waals surface area contributed by atoms with E-state index in [1.54, 1.807) is 11.8 Å². The van der Waals surface area contributed by atoms with Crippen LogP contribution >= 0.6 is 11.8 Å². The molecule has 2 aliphatic rings. The number of hydrogen-bond acceptors (Lipinski definition) is 8. The SMILES string of the molecule is Cc1noc(CSc2nnc(N3CCC(C)CC3)n2CC2CCCO2)n1. The Balaban J connectivity index is 1.51. The predicted octanol–water partition coefficient (Wildman–Crippen LogP) is 2.68. The number of thioether (sulfide) groups is 1. The molecular weight excluding hydrogens is 352 g/mol. The quantitative estimate of drug-likeness (QED) is 0.710. The molecule has 2 saturated heterocycles. The van der Waals surface area contributed by atoms with Gasteiger partial charge in [-0.15, -0.1) is 10.2 Å². The van der Waals surface area contributed by atoms with Crippen LogP contribution < -0.4 is 4.90 Å². The molecule has 0 bridgehead atoms. The average Bonchev–Trinajstić information content (AvgIpc) is 3.37. The molecule has 2 fully saturated rings. The Morgan fingerprint density at radius 3 is 2.73 bits per heavy atom. The van der Waals surface area contributed by atoms with Crippen LogP contribution in [0, 0.1) is 12.8 Å². The zero-order valence-electron chi connectivity index (χ0n) is 15.4. The first-order valence-corrected chi connectivity index (χ1v) is 10.4. The lowest BCUT2D eigenvalue weighted by Crippen LogP contribution is -2.35. The van der Waals surface area contributed by atoms with E-state index in [2.05, 4.69) is 36.7 Å². The van der Waals surface area contributed by atoms with Gasteiger partial charge in [-0.3, -0.25) is 4.57 Å². The van der Waals surface area contributed by atoms with Crippen LogP contribution in [-0.2, 0) is 17.0 Å². The maximum atomic E-state index is 5.86. The van der Waals surface area contributed by atoms with Crippen molar-refractivity contribution in [1.82, 2.24) is 24.9 Å². The van der Waals surface area contributed by atoms with E-state index in [-0.39, 0.29) is 6.10 Å². The lowest BCUT2D eigenvalue weighted by Gasteiger charge is -2.31. The van der Waals surface area contributed by atoms with Crippen LogP contribution in [0.15, 0.2) is 9.68 Å². The highest BCUT2D eigenvalue weighted by molar-refractivity contribution is 7.98. The van der Waals surface area contributed by atoms with Crippen molar-refractivity contribution in [1.29, 1.82) is 0 Å². The standard InChI is InChI=1S/C17H26N6O2S/c1-12-5-7-22(8-6-12)16-19-20-17(23(16)10-14-4-3-9-24-14)26-11-15-18-13(2)21-25-15/h12,14H,3-11H2,1-2H3. The van der Waals surface area contributed by atoms with Gasteiger partial charge in [0.1, 0.15) is 0 Å². The van der Waals surface area contributed by atoms with Crippen molar-refractivity contribution < 1.29 is 9.26 Å². The molecule has 4 heterocycles. The molecule has 0 spiro atoms. The summed E-state index contributed by atoms with van der Waals surface area (Å²) in [5.74, 6) is 3.63. The van der Waals surface area contributed by atoms with Gasteiger partial charge < -0.3 is 14.2 Å². The summed E-state index contributed by atoms with van der Waals surface area (Å²) in [6.45, 7) is 7.89. The number of anilines is 1. The van der Waals surface area contributed by atoms with Crippen molar-refractivity contribution in [3.63, 3.8) is 0 Å². The number of ether oxygens (including phenoxy) is 1. The maximum Gasteiger partial charge on any atom is 0.237 e. The van der Waals surface area contributed by atoms with Gasteiger partial charge in [0, 0.05) is 19.7 Å². The lowest BCUT2D eigenvalue weighted by molar-refractivity contribution is 0.0951. The summed E-state index contributed by atoms with van der Waals surface area (Å²) in [5.41, 5.74) is 0. The summed E-state index contributed by atoms with van der Waals surface area (Å²) in [6, 6.07) is 0. The van der Waals surface area contributed by atoms with Gasteiger partial charge in [0.15, 0.2) is 11.0 Å². The smallest absolute Gasteiger partial charge is 0.237 e. The Morgan fingerprint density at radius 2 is 2.04 bits per heavy atom. The molecule has 2 aliphatic heterocycles. The zero-order chi connectivity index (χ0) is 17.9. The van der Waals surface area contributed by atoms with Crippen LogP contribution in [0.4, 0.5) is 5.95 Å². The van der Waals surface area contributed by atoms with Crippen LogP contribution in [0.3, 0.4) is 0 Å². The van der Waals surface area contributed by atoms with Gasteiger partial charge in [0.05, 0.1) is 18.4 Å². The highest BCUT2D eigenvalue weighted by atomic mass is 32.2. The largest absolute Gasteiger partial charge is 0.376 e. The van der Waals surface area contributed by atoms with E-state index in [1.165, 1.54) is 12.8 Å². The molecule has 1 unspecified atom stereocenters. The third-order valence-electron chi connectivity index (χ3n) is 5.07. The number of hydrogen-bond donors (Lipinski definition) is 0. The molecule has 2 aromatic heterocycles. The zero-order valence-corrected chi connectivity index (χ0v) is 16.2. The van der Waals surface area contributed by atoms with E-state index < -0.39 is 0 Å². The van der Waals surface area contributed by atoms with E-state index >= 15 is 0 Å². The summed E-state index contributed by atoms with van der Waals surface area (Å²) in [6.07, 6.45) is 4.89. The van der Waals surface area contributed by atoms with Gasteiger partial charge >= 0.3 is 0 Å². The molecule has 4 rings (SSSR count). The molecule has 0 aliphatic carbocycles. The monoisotopic (exact) mass is 378 g/mol. The molecule has 1 atom stereocenters. The predicted molar refractivity (Wildman–Crippen MR) is 98.2 cm³/mol. The van der Waals surface area contributed by atoms with Crippen LogP contribution in [0.5, 0.6) is 0 Å². The van der Waals surface area contributed by atoms with Crippen LogP contribution in [-0.4, -0.2) is 50.7 Å². The second-order valence-electron chi connectivity index (χ2n) is 7.22. The molecule has 0 saturated carbocycles. The van der Waals surface area contributed by atoms with E-state index in [0.717, 1.165) is 56.1 Å². The number of piperidine rings is 1. The highest BCUT2D eigenvalue weighted by Crippen LogP contribution is 2.29. The maximum absolute atomic E-state index is 5.86. The minimum absolute atomic E-state index is 0.249. The first-order valence-electron chi connectivity index (χ1n) is 9.41. The van der Waals surface area contributed by atoms with Gasteiger partial charge in [-0.25, -0.2) is 0 Å². The van der Waals surface area contributed by atoms with Crippen LogP contribution in [0.2, 0.25) is 0 Å². The number of aryl methyl sites for hydroxylation is 1. The third-order valence-corrected chi connectivity index (χ3v) is 6.02. The number of nitrogens with zero attached hydrogens (tertiary/aromatic N) is 6. The van der Waals surface area contributed by atoms with Crippen molar-refractivity contribution in [2.45, 2.75) is 63.1 Å². The molecule has 142 valence electrons. The first-order chi connectivity index (χ1) is 12.7. The number of aromatic nitrogens is 5. The Kier molecular flexibility index (Phi) is 5.44. The van der Waals surface area contributed by atoms with Crippen molar-refractivity contribution in [2.24, 2.45) is 5.92 Å². The summed E-state index contributed by atoms with van der Waals surface area (Å²) >= 11 is 1.59. The van der Waals surface area contributed by atoms with E-state index in [9.17, 15) is 0 Å². The van der Waals surface area contributed by atoms with Gasteiger partial charge in [-0.05, 0) is 38.5 Å². The Bertz CT molecular complexity index is 719. The minimum Gasteiger partial charge on any atom is -0.376 e. The van der Waals surface area contributed by atoms with Crippen LogP contribution in [0.25, 0.3) is 0 Å². The van der Waals surface area contributed by atoms with Crippen LogP contribution in [0.1, 0.15) is 44.3 Å². The van der Waals surface area contributed by atoms with Crippen molar-refractivity contribution in [2.75, 3.05) is 24.6 Å². The molecule has 0 aromatic carbocycles. The Hall–Kier alpha value is -1.61. The Labute approximate surface area is 157 Å². The summed E-state index contributed by atoms with van der Waals surface area (Å²) < 4.78 is 13.3. The fourth-order valence-electron chi connectivity index (χ4n) is 3.51. The Morgan fingerprint density at radius 1 is 1.19 bits per heavy atom. The molecule has 0 amide bonds. The molecular formula is C17H26N6O2S. The van der Waals surface area contributed by atoms with Crippen molar-refractivity contribution in [3.05, 3.63) is 11.7 Å². The minimum atomic E-state index is 0.249. The second-order valence-corrected chi connectivity index (χ2v) is 8.16. The molecule has 8 nitrogen and oxygen atoms in total. The summed E-state index contributed by atoms with van der Waals surface area (Å²) in [5, 5.41) is 13.7. The van der Waals surface area contributed by atoms with Gasteiger partial charge in [-0.1, -0.05) is 23.8 Å². The average molecular weight is 379 g/mol. The molecule has 2 aromatic rings. The first kappa shape index (κ1) is 17.8. The van der Waals surface area contributed by atoms with Crippen molar-refractivity contribution >= 4 is 17.7 Å².